The van der Waals surface area contributed by atoms with Crippen LogP contribution >= 0.6 is 0 Å². The van der Waals surface area contributed by atoms with Gasteiger partial charge in [0.15, 0.2) is 0 Å². The SMILES string of the molecule is CCc1ccc(/C(=C(\c2ccccc2)c2ccc(CN)cc2)c2ccccc2)cc1. The highest BCUT2D eigenvalue weighted by molar-refractivity contribution is 6.04. The number of hydrogen-bond acceptors (Lipinski definition) is 1. The van der Waals surface area contributed by atoms with Crippen molar-refractivity contribution in [3.63, 3.8) is 0 Å². The van der Waals surface area contributed by atoms with Crippen LogP contribution in [-0.4, -0.2) is 0 Å². The molecule has 0 aliphatic carbocycles. The van der Waals surface area contributed by atoms with Crippen LogP contribution in [0.5, 0.6) is 0 Å². The van der Waals surface area contributed by atoms with Crippen LogP contribution < -0.4 is 5.73 Å². The second kappa shape index (κ2) is 9.39. The van der Waals surface area contributed by atoms with Gasteiger partial charge in [0, 0.05) is 6.54 Å². The van der Waals surface area contributed by atoms with Crippen molar-refractivity contribution >= 4 is 11.1 Å². The number of benzene rings is 4. The molecule has 30 heavy (non-hydrogen) atoms. The first-order valence-electron chi connectivity index (χ1n) is 10.5. The van der Waals surface area contributed by atoms with Crippen LogP contribution in [0.25, 0.3) is 11.1 Å². The molecule has 2 N–H and O–H groups in total. The predicted octanol–water partition coefficient (Wildman–Crippen LogP) is 6.72. The molecule has 0 heterocycles. The topological polar surface area (TPSA) is 26.0 Å². The van der Waals surface area contributed by atoms with Crippen LogP contribution in [-0.2, 0) is 13.0 Å². The lowest BCUT2D eigenvalue weighted by Crippen LogP contribution is -1.99. The van der Waals surface area contributed by atoms with Gasteiger partial charge in [0.05, 0.1) is 0 Å². The van der Waals surface area contributed by atoms with Gasteiger partial charge in [0.2, 0.25) is 0 Å². The van der Waals surface area contributed by atoms with Crippen molar-refractivity contribution in [1.29, 1.82) is 0 Å². The molecule has 0 saturated carbocycles. The molecule has 0 bridgehead atoms. The number of hydrogen-bond donors (Lipinski definition) is 1. The molecule has 0 unspecified atom stereocenters. The second-order valence-corrected chi connectivity index (χ2v) is 7.43. The van der Waals surface area contributed by atoms with Crippen molar-refractivity contribution in [1.82, 2.24) is 0 Å². The first kappa shape index (κ1) is 19.9. The summed E-state index contributed by atoms with van der Waals surface area (Å²) in [6.45, 7) is 2.74. The van der Waals surface area contributed by atoms with Gasteiger partial charge in [-0.2, -0.15) is 0 Å². The predicted molar refractivity (Wildman–Crippen MR) is 128 cm³/mol. The summed E-state index contributed by atoms with van der Waals surface area (Å²) in [5, 5.41) is 0. The van der Waals surface area contributed by atoms with Crippen molar-refractivity contribution in [2.24, 2.45) is 5.73 Å². The van der Waals surface area contributed by atoms with Gasteiger partial charge in [-0.1, -0.05) is 116 Å². The Bertz CT molecular complexity index is 1010. The molecule has 0 spiro atoms. The van der Waals surface area contributed by atoms with Crippen LogP contribution in [0.1, 0.15) is 40.3 Å². The number of aryl methyl sites for hydroxylation is 1. The maximum Gasteiger partial charge on any atom is 0.0178 e. The van der Waals surface area contributed by atoms with Crippen molar-refractivity contribution in [2.75, 3.05) is 0 Å². The Morgan fingerprint density at radius 2 is 0.867 bits per heavy atom. The van der Waals surface area contributed by atoms with E-state index in [0.29, 0.717) is 6.54 Å². The minimum atomic E-state index is 0.550. The summed E-state index contributed by atoms with van der Waals surface area (Å²) in [6.07, 6.45) is 1.04. The summed E-state index contributed by atoms with van der Waals surface area (Å²) >= 11 is 0. The summed E-state index contributed by atoms with van der Waals surface area (Å²) in [5.74, 6) is 0. The Hall–Kier alpha value is -3.42. The molecular weight excluding hydrogens is 362 g/mol. The highest BCUT2D eigenvalue weighted by atomic mass is 14.5. The molecule has 4 aromatic rings. The van der Waals surface area contributed by atoms with E-state index in [0.717, 1.165) is 12.0 Å². The average molecular weight is 390 g/mol. The van der Waals surface area contributed by atoms with Crippen molar-refractivity contribution in [3.05, 3.63) is 143 Å². The Kier molecular flexibility index (Phi) is 6.22. The zero-order valence-electron chi connectivity index (χ0n) is 17.4. The van der Waals surface area contributed by atoms with E-state index in [-0.39, 0.29) is 0 Å². The van der Waals surface area contributed by atoms with Crippen LogP contribution in [0.15, 0.2) is 109 Å². The molecule has 0 atom stereocenters. The van der Waals surface area contributed by atoms with E-state index in [4.69, 9.17) is 5.73 Å². The van der Waals surface area contributed by atoms with Crippen LogP contribution in [0.3, 0.4) is 0 Å². The molecule has 1 heteroatoms. The van der Waals surface area contributed by atoms with E-state index in [2.05, 4.69) is 116 Å². The van der Waals surface area contributed by atoms with Crippen molar-refractivity contribution < 1.29 is 0 Å². The number of rotatable bonds is 6. The van der Waals surface area contributed by atoms with Gasteiger partial charge < -0.3 is 5.73 Å². The lowest BCUT2D eigenvalue weighted by molar-refractivity contribution is 1.07. The molecule has 0 fully saturated rings. The van der Waals surface area contributed by atoms with E-state index in [1.54, 1.807) is 0 Å². The van der Waals surface area contributed by atoms with Gasteiger partial charge in [-0.05, 0) is 50.9 Å². The second-order valence-electron chi connectivity index (χ2n) is 7.43. The normalized spacial score (nSPS) is 11.8. The molecule has 0 saturated heterocycles. The standard InChI is InChI=1S/C29H27N/c1-2-22-13-17-26(18-14-22)28(24-9-5-3-6-10-24)29(25-11-7-4-8-12-25)27-19-15-23(21-30)16-20-27/h3-20H,2,21,30H2,1H3/b29-28+. The lowest BCUT2D eigenvalue weighted by Gasteiger charge is -2.18. The lowest BCUT2D eigenvalue weighted by atomic mass is 9.85. The summed E-state index contributed by atoms with van der Waals surface area (Å²) in [6, 6.07) is 38.9. The molecule has 0 aromatic heterocycles. The fraction of sp³-hybridized carbons (Fsp3) is 0.103. The van der Waals surface area contributed by atoms with E-state index in [1.165, 1.54) is 39.0 Å². The van der Waals surface area contributed by atoms with Crippen LogP contribution in [0, 0.1) is 0 Å². The molecule has 0 aliphatic rings. The van der Waals surface area contributed by atoms with Crippen molar-refractivity contribution in [2.45, 2.75) is 19.9 Å². The van der Waals surface area contributed by atoms with E-state index in [9.17, 15) is 0 Å². The average Bonchev–Trinajstić information content (AvgIpc) is 2.84. The van der Waals surface area contributed by atoms with Crippen LogP contribution in [0.4, 0.5) is 0 Å². The fourth-order valence-corrected chi connectivity index (χ4v) is 3.83. The van der Waals surface area contributed by atoms with E-state index < -0.39 is 0 Å². The monoisotopic (exact) mass is 389 g/mol. The minimum absolute atomic E-state index is 0.550. The highest BCUT2D eigenvalue weighted by Gasteiger charge is 2.16. The van der Waals surface area contributed by atoms with E-state index in [1.807, 2.05) is 0 Å². The van der Waals surface area contributed by atoms with Gasteiger partial charge in [0.25, 0.3) is 0 Å². The summed E-state index contributed by atoms with van der Waals surface area (Å²) in [7, 11) is 0. The van der Waals surface area contributed by atoms with Gasteiger partial charge in [-0.25, -0.2) is 0 Å². The maximum absolute atomic E-state index is 5.84. The third kappa shape index (κ3) is 4.27. The Morgan fingerprint density at radius 1 is 0.500 bits per heavy atom. The molecule has 0 amide bonds. The smallest absolute Gasteiger partial charge is 0.0178 e. The molecule has 148 valence electrons. The Balaban J connectivity index is 2.03. The number of nitrogens with two attached hydrogens (primary N) is 1. The van der Waals surface area contributed by atoms with Crippen LogP contribution in [0.2, 0.25) is 0 Å². The molecule has 4 aromatic carbocycles. The molecule has 4 rings (SSSR count). The van der Waals surface area contributed by atoms with Gasteiger partial charge in [-0.15, -0.1) is 0 Å². The zero-order valence-corrected chi connectivity index (χ0v) is 17.4. The molecular formula is C29H27N. The molecule has 1 nitrogen and oxygen atoms in total. The first-order valence-corrected chi connectivity index (χ1v) is 10.5. The third-order valence-corrected chi connectivity index (χ3v) is 5.50. The first-order chi connectivity index (χ1) is 14.8. The summed E-state index contributed by atoms with van der Waals surface area (Å²) < 4.78 is 0. The quantitative estimate of drug-likeness (QED) is 0.364. The Morgan fingerprint density at radius 3 is 1.23 bits per heavy atom. The fourth-order valence-electron chi connectivity index (χ4n) is 3.83. The van der Waals surface area contributed by atoms with E-state index >= 15 is 0 Å². The third-order valence-electron chi connectivity index (χ3n) is 5.50. The van der Waals surface area contributed by atoms with Gasteiger partial charge in [-0.3, -0.25) is 0 Å². The summed E-state index contributed by atoms with van der Waals surface area (Å²) in [5.41, 5.74) is 15.6. The molecule has 0 radical (unpaired) electrons. The van der Waals surface area contributed by atoms with Crippen molar-refractivity contribution in [3.8, 4) is 0 Å². The Labute approximate surface area is 179 Å². The highest BCUT2D eigenvalue weighted by Crippen LogP contribution is 2.37. The zero-order chi connectivity index (χ0) is 20.8. The van der Waals surface area contributed by atoms with Gasteiger partial charge >= 0.3 is 0 Å². The summed E-state index contributed by atoms with van der Waals surface area (Å²) in [4.78, 5) is 0. The maximum atomic E-state index is 5.84. The molecule has 0 aliphatic heterocycles. The largest absolute Gasteiger partial charge is 0.326 e. The minimum Gasteiger partial charge on any atom is -0.326 e. The van der Waals surface area contributed by atoms with Gasteiger partial charge in [0.1, 0.15) is 0 Å².